The summed E-state index contributed by atoms with van der Waals surface area (Å²) in [6, 6.07) is 9.82. The molecule has 6 heteroatoms. The van der Waals surface area contributed by atoms with Crippen LogP contribution >= 0.6 is 11.3 Å². The van der Waals surface area contributed by atoms with Crippen molar-refractivity contribution in [3.05, 3.63) is 51.8 Å². The van der Waals surface area contributed by atoms with E-state index in [1.165, 1.54) is 22.5 Å². The van der Waals surface area contributed by atoms with E-state index in [0.717, 1.165) is 15.8 Å². The van der Waals surface area contributed by atoms with Crippen LogP contribution in [0.4, 0.5) is 0 Å². The number of hydrogen-bond acceptors (Lipinski definition) is 4. The van der Waals surface area contributed by atoms with Crippen molar-refractivity contribution in [1.82, 2.24) is 4.57 Å². The predicted molar refractivity (Wildman–Crippen MR) is 105 cm³/mol. The predicted octanol–water partition coefficient (Wildman–Crippen LogP) is 3.35. The number of terminal acetylenes is 1. The number of aromatic nitrogens is 1. The molecule has 1 aliphatic rings. The van der Waals surface area contributed by atoms with E-state index in [4.69, 9.17) is 15.9 Å². The highest BCUT2D eigenvalue weighted by Gasteiger charge is 2.17. The minimum Gasteiger partial charge on any atom is -0.454 e. The number of ether oxygens (including phenoxy) is 2. The van der Waals surface area contributed by atoms with Gasteiger partial charge in [0.25, 0.3) is 5.91 Å². The largest absolute Gasteiger partial charge is 0.454 e. The molecule has 4 rings (SSSR count). The molecular weight excluding hydrogens is 360 g/mol. The van der Waals surface area contributed by atoms with Crippen molar-refractivity contribution < 1.29 is 14.3 Å². The van der Waals surface area contributed by atoms with Crippen LogP contribution in [0.2, 0.25) is 0 Å². The molecule has 1 amide bonds. The molecule has 0 N–H and O–H groups in total. The Kier molecular flexibility index (Phi) is 4.46. The number of fused-ring (bicyclic) bond motifs is 2. The summed E-state index contributed by atoms with van der Waals surface area (Å²) < 4.78 is 13.7. The molecule has 0 saturated carbocycles. The SMILES string of the molecule is C#CCn1c(=NC(=O)Cc2ccc(C)c(C)c2)sc2cc3c(cc21)OCO3. The lowest BCUT2D eigenvalue weighted by Crippen LogP contribution is -2.17. The van der Waals surface area contributed by atoms with Crippen LogP contribution < -0.4 is 14.3 Å². The minimum atomic E-state index is -0.198. The van der Waals surface area contributed by atoms with Crippen LogP contribution in [0.5, 0.6) is 11.5 Å². The number of aryl methyl sites for hydroxylation is 2. The Labute approximate surface area is 160 Å². The molecule has 0 fully saturated rings. The number of carbonyl (C=O) groups is 1. The lowest BCUT2D eigenvalue weighted by atomic mass is 10.0. The first kappa shape index (κ1) is 17.4. The Bertz CT molecular complexity index is 1160. The Hall–Kier alpha value is -3.04. The number of thiazole rings is 1. The van der Waals surface area contributed by atoms with Crippen LogP contribution in [0.3, 0.4) is 0 Å². The quantitative estimate of drug-likeness (QED) is 0.657. The van der Waals surface area contributed by atoms with Crippen LogP contribution in [-0.4, -0.2) is 17.3 Å². The summed E-state index contributed by atoms with van der Waals surface area (Å²) in [6.07, 6.45) is 5.79. The normalized spacial score (nSPS) is 13.1. The van der Waals surface area contributed by atoms with Crippen molar-refractivity contribution in [2.45, 2.75) is 26.8 Å². The third-order valence-electron chi connectivity index (χ3n) is 4.57. The van der Waals surface area contributed by atoms with E-state index in [-0.39, 0.29) is 19.1 Å². The second-order valence-electron chi connectivity index (χ2n) is 6.45. The zero-order valence-corrected chi connectivity index (χ0v) is 15.9. The number of hydrogen-bond donors (Lipinski definition) is 0. The van der Waals surface area contributed by atoms with E-state index in [1.807, 2.05) is 41.8 Å². The van der Waals surface area contributed by atoms with E-state index < -0.39 is 0 Å². The molecule has 0 bridgehead atoms. The first-order valence-electron chi connectivity index (χ1n) is 8.55. The molecule has 2 aromatic carbocycles. The lowest BCUT2D eigenvalue weighted by Gasteiger charge is -2.03. The van der Waals surface area contributed by atoms with E-state index in [2.05, 4.69) is 17.8 Å². The summed E-state index contributed by atoms with van der Waals surface area (Å²) in [5.41, 5.74) is 4.22. The van der Waals surface area contributed by atoms with Crippen molar-refractivity contribution in [2.24, 2.45) is 4.99 Å². The maximum absolute atomic E-state index is 12.5. The molecule has 0 aliphatic carbocycles. The minimum absolute atomic E-state index is 0.198. The highest BCUT2D eigenvalue weighted by atomic mass is 32.1. The van der Waals surface area contributed by atoms with Gasteiger partial charge in [0.05, 0.1) is 23.2 Å². The summed E-state index contributed by atoms with van der Waals surface area (Å²) in [4.78, 5) is 17.5. The fourth-order valence-corrected chi connectivity index (χ4v) is 4.08. The highest BCUT2D eigenvalue weighted by molar-refractivity contribution is 7.16. The zero-order chi connectivity index (χ0) is 19.0. The Morgan fingerprint density at radius 3 is 2.74 bits per heavy atom. The molecule has 5 nitrogen and oxygen atoms in total. The molecule has 0 spiro atoms. The van der Waals surface area contributed by atoms with E-state index in [0.29, 0.717) is 22.8 Å². The van der Waals surface area contributed by atoms with Gasteiger partial charge in [0.15, 0.2) is 16.3 Å². The maximum Gasteiger partial charge on any atom is 0.252 e. The van der Waals surface area contributed by atoms with Gasteiger partial charge < -0.3 is 14.0 Å². The highest BCUT2D eigenvalue weighted by Crippen LogP contribution is 2.36. The summed E-state index contributed by atoms with van der Waals surface area (Å²) >= 11 is 1.42. The molecule has 136 valence electrons. The molecule has 27 heavy (non-hydrogen) atoms. The van der Waals surface area contributed by atoms with E-state index in [1.54, 1.807) is 0 Å². The summed E-state index contributed by atoms with van der Waals surface area (Å²) in [6.45, 7) is 4.63. The van der Waals surface area contributed by atoms with Gasteiger partial charge in [-0.2, -0.15) is 4.99 Å². The number of amides is 1. The van der Waals surface area contributed by atoms with Gasteiger partial charge >= 0.3 is 0 Å². The molecule has 2 heterocycles. The standard InChI is InChI=1S/C21H18N2O3S/c1-4-7-23-16-10-17-18(26-12-25-17)11-19(16)27-21(23)22-20(24)9-15-6-5-13(2)14(3)8-15/h1,5-6,8,10-11H,7,9,12H2,2-3H3. The first-order valence-corrected chi connectivity index (χ1v) is 9.37. The molecule has 0 unspecified atom stereocenters. The van der Waals surface area contributed by atoms with Crippen molar-refractivity contribution in [2.75, 3.05) is 6.79 Å². The van der Waals surface area contributed by atoms with Crippen molar-refractivity contribution in [3.8, 4) is 23.8 Å². The first-order chi connectivity index (χ1) is 13.0. The third-order valence-corrected chi connectivity index (χ3v) is 5.61. The van der Waals surface area contributed by atoms with Crippen LogP contribution in [0.15, 0.2) is 35.3 Å². The topological polar surface area (TPSA) is 52.8 Å². The summed E-state index contributed by atoms with van der Waals surface area (Å²) in [5.74, 6) is 3.81. The van der Waals surface area contributed by atoms with Gasteiger partial charge in [-0.15, -0.1) is 6.42 Å². The lowest BCUT2D eigenvalue weighted by molar-refractivity contribution is -0.117. The van der Waals surface area contributed by atoms with Gasteiger partial charge in [0, 0.05) is 12.1 Å². The van der Waals surface area contributed by atoms with Crippen molar-refractivity contribution >= 4 is 27.5 Å². The molecule has 0 saturated heterocycles. The van der Waals surface area contributed by atoms with Crippen LogP contribution in [0.1, 0.15) is 16.7 Å². The van der Waals surface area contributed by atoms with Gasteiger partial charge in [0.2, 0.25) is 6.79 Å². The number of carbonyl (C=O) groups excluding carboxylic acids is 1. The fourth-order valence-electron chi connectivity index (χ4n) is 3.02. The summed E-state index contributed by atoms with van der Waals surface area (Å²) in [5, 5.41) is 0. The average Bonchev–Trinajstić information content (AvgIpc) is 3.21. The van der Waals surface area contributed by atoms with Gasteiger partial charge in [-0.3, -0.25) is 4.79 Å². The van der Waals surface area contributed by atoms with Gasteiger partial charge in [-0.05, 0) is 30.5 Å². The molecule has 1 aromatic heterocycles. The Balaban J connectivity index is 1.73. The summed E-state index contributed by atoms with van der Waals surface area (Å²) in [7, 11) is 0. The molecular formula is C21H18N2O3S. The Morgan fingerprint density at radius 1 is 1.22 bits per heavy atom. The number of benzene rings is 2. The average molecular weight is 378 g/mol. The number of rotatable bonds is 3. The van der Waals surface area contributed by atoms with E-state index in [9.17, 15) is 4.79 Å². The van der Waals surface area contributed by atoms with Crippen LogP contribution in [0.25, 0.3) is 10.2 Å². The second kappa shape index (κ2) is 6.93. The molecule has 3 aromatic rings. The van der Waals surface area contributed by atoms with Gasteiger partial charge in [0.1, 0.15) is 0 Å². The third kappa shape index (κ3) is 3.34. The van der Waals surface area contributed by atoms with Gasteiger partial charge in [-0.1, -0.05) is 35.5 Å². The zero-order valence-electron chi connectivity index (χ0n) is 15.1. The smallest absolute Gasteiger partial charge is 0.252 e. The fraction of sp³-hybridized carbons (Fsp3) is 0.238. The van der Waals surface area contributed by atoms with E-state index >= 15 is 0 Å². The monoisotopic (exact) mass is 378 g/mol. The van der Waals surface area contributed by atoms with Crippen molar-refractivity contribution in [1.29, 1.82) is 0 Å². The second-order valence-corrected chi connectivity index (χ2v) is 7.46. The Morgan fingerprint density at radius 2 is 2.00 bits per heavy atom. The maximum atomic E-state index is 12.5. The van der Waals surface area contributed by atoms with Crippen LogP contribution in [0, 0.1) is 26.2 Å². The van der Waals surface area contributed by atoms with Crippen LogP contribution in [-0.2, 0) is 17.8 Å². The molecule has 0 atom stereocenters. The number of nitrogens with zero attached hydrogens (tertiary/aromatic N) is 2. The molecule has 1 aliphatic heterocycles. The molecule has 0 radical (unpaired) electrons. The van der Waals surface area contributed by atoms with Gasteiger partial charge in [-0.25, -0.2) is 0 Å². The van der Waals surface area contributed by atoms with Crippen molar-refractivity contribution in [3.63, 3.8) is 0 Å².